The van der Waals surface area contributed by atoms with E-state index in [1.54, 1.807) is 24.3 Å². The third-order valence-electron chi connectivity index (χ3n) is 3.56. The van der Waals surface area contributed by atoms with E-state index < -0.39 is 6.09 Å². The predicted molar refractivity (Wildman–Crippen MR) is 98.8 cm³/mol. The molecule has 126 valence electrons. The molecule has 0 aliphatic heterocycles. The maximum absolute atomic E-state index is 11.8. The number of carbonyl (C=O) groups is 1. The lowest BCUT2D eigenvalue weighted by molar-refractivity contribution is 0.155. The summed E-state index contributed by atoms with van der Waals surface area (Å²) in [4.78, 5) is 11.8. The molecule has 4 nitrogen and oxygen atoms in total. The first-order valence-electron chi connectivity index (χ1n) is 7.68. The molecule has 0 aliphatic carbocycles. The van der Waals surface area contributed by atoms with Gasteiger partial charge in [-0.15, -0.1) is 0 Å². The quantitative estimate of drug-likeness (QED) is 0.654. The lowest BCUT2D eigenvalue weighted by atomic mass is 10.1. The Morgan fingerprint density at radius 2 is 1.68 bits per heavy atom. The van der Waals surface area contributed by atoms with Gasteiger partial charge in [0, 0.05) is 10.7 Å². The second kappa shape index (κ2) is 7.73. The topological polar surface area (TPSA) is 58.6 Å². The van der Waals surface area contributed by atoms with Crippen LogP contribution < -0.4 is 5.32 Å². The van der Waals surface area contributed by atoms with Gasteiger partial charge in [0.2, 0.25) is 0 Å². The summed E-state index contributed by atoms with van der Waals surface area (Å²) in [5.41, 5.74) is 3.21. The summed E-state index contributed by atoms with van der Waals surface area (Å²) in [6.45, 7) is 0.215. The molecule has 0 radical (unpaired) electrons. The number of anilines is 1. The summed E-state index contributed by atoms with van der Waals surface area (Å²) in [6, 6.07) is 21.5. The first-order chi connectivity index (χ1) is 12.1. The van der Waals surface area contributed by atoms with E-state index >= 15 is 0 Å². The Balaban J connectivity index is 1.61. The number of halogens is 1. The molecule has 0 aliphatic rings. The molecule has 3 rings (SSSR count). The van der Waals surface area contributed by atoms with Crippen LogP contribution in [0.1, 0.15) is 5.56 Å². The van der Waals surface area contributed by atoms with Crippen LogP contribution in [0, 0.1) is 0 Å². The van der Waals surface area contributed by atoms with Crippen molar-refractivity contribution in [3.8, 4) is 16.9 Å². The number of phenolic OH excluding ortho intramolecular Hbond substituents is 1. The minimum Gasteiger partial charge on any atom is -0.508 e. The average molecular weight is 354 g/mol. The maximum Gasteiger partial charge on any atom is 0.411 e. The number of benzene rings is 3. The van der Waals surface area contributed by atoms with E-state index in [0.717, 1.165) is 16.7 Å². The molecule has 1 amide bonds. The number of hydrogen-bond donors (Lipinski definition) is 2. The van der Waals surface area contributed by atoms with Crippen molar-refractivity contribution in [2.75, 3.05) is 5.32 Å². The zero-order valence-corrected chi connectivity index (χ0v) is 14.0. The molecule has 5 heteroatoms. The first-order valence-corrected chi connectivity index (χ1v) is 8.06. The molecule has 0 spiro atoms. The molecule has 0 aromatic heterocycles. The van der Waals surface area contributed by atoms with Gasteiger partial charge in [-0.1, -0.05) is 54.1 Å². The Hall–Kier alpha value is -2.98. The average Bonchev–Trinajstić information content (AvgIpc) is 2.61. The van der Waals surface area contributed by atoms with Crippen molar-refractivity contribution in [3.63, 3.8) is 0 Å². The molecule has 25 heavy (non-hydrogen) atoms. The van der Waals surface area contributed by atoms with E-state index in [-0.39, 0.29) is 12.4 Å². The lowest BCUT2D eigenvalue weighted by Crippen LogP contribution is -2.13. The molecule has 0 saturated carbocycles. The number of carbonyl (C=O) groups excluding carboxylic acids is 1. The number of aromatic hydroxyl groups is 1. The summed E-state index contributed by atoms with van der Waals surface area (Å²) >= 11 is 5.95. The van der Waals surface area contributed by atoms with Gasteiger partial charge >= 0.3 is 6.09 Å². The number of phenols is 1. The maximum atomic E-state index is 11.8. The second-order valence-electron chi connectivity index (χ2n) is 5.46. The standard InChI is InChI=1S/C20H16ClNO3/c21-17-10-16(11-19(23)12-17)15-6-8-18(9-7-15)22-20(24)25-13-14-4-2-1-3-5-14/h1-12,23H,13H2,(H,22,24). The zero-order valence-electron chi connectivity index (χ0n) is 13.3. The SMILES string of the molecule is O=C(Nc1ccc(-c2cc(O)cc(Cl)c2)cc1)OCc1ccccc1. The molecule has 0 unspecified atom stereocenters. The molecular formula is C20H16ClNO3. The molecule has 0 bridgehead atoms. The van der Waals surface area contributed by atoms with Crippen LogP contribution in [0.15, 0.2) is 72.8 Å². The van der Waals surface area contributed by atoms with Crippen LogP contribution in [0.5, 0.6) is 5.75 Å². The van der Waals surface area contributed by atoms with Crippen molar-refractivity contribution in [1.29, 1.82) is 0 Å². The molecule has 3 aromatic carbocycles. The summed E-state index contributed by atoms with van der Waals surface area (Å²) in [7, 11) is 0. The van der Waals surface area contributed by atoms with Crippen LogP contribution in [-0.2, 0) is 11.3 Å². The molecule has 0 atom stereocenters. The van der Waals surface area contributed by atoms with Gasteiger partial charge in [-0.25, -0.2) is 4.79 Å². The fourth-order valence-electron chi connectivity index (χ4n) is 2.36. The molecule has 2 N–H and O–H groups in total. The van der Waals surface area contributed by atoms with E-state index in [4.69, 9.17) is 16.3 Å². The van der Waals surface area contributed by atoms with E-state index in [2.05, 4.69) is 5.32 Å². The first kappa shape index (κ1) is 16.9. The van der Waals surface area contributed by atoms with Crippen LogP contribution in [0.3, 0.4) is 0 Å². The molecule has 0 saturated heterocycles. The van der Waals surface area contributed by atoms with Crippen LogP contribution in [0.2, 0.25) is 5.02 Å². The van der Waals surface area contributed by atoms with Crippen LogP contribution in [0.4, 0.5) is 10.5 Å². The molecule has 3 aromatic rings. The third kappa shape index (κ3) is 4.75. The van der Waals surface area contributed by atoms with Gasteiger partial charge in [0.25, 0.3) is 0 Å². The molecule has 0 heterocycles. The number of amides is 1. The zero-order chi connectivity index (χ0) is 17.6. The summed E-state index contributed by atoms with van der Waals surface area (Å²) in [5, 5.41) is 12.8. The van der Waals surface area contributed by atoms with Gasteiger partial charge in [0.15, 0.2) is 0 Å². The monoisotopic (exact) mass is 353 g/mol. The van der Waals surface area contributed by atoms with Crippen molar-refractivity contribution in [2.45, 2.75) is 6.61 Å². The highest BCUT2D eigenvalue weighted by molar-refractivity contribution is 6.31. The van der Waals surface area contributed by atoms with E-state index in [0.29, 0.717) is 10.7 Å². The highest BCUT2D eigenvalue weighted by Gasteiger charge is 2.05. The Morgan fingerprint density at radius 1 is 0.960 bits per heavy atom. The Bertz CT molecular complexity index is 844. The third-order valence-corrected chi connectivity index (χ3v) is 3.78. The van der Waals surface area contributed by atoms with E-state index in [1.165, 1.54) is 6.07 Å². The van der Waals surface area contributed by atoms with Crippen LogP contribution in [-0.4, -0.2) is 11.2 Å². The van der Waals surface area contributed by atoms with Crippen molar-refractivity contribution >= 4 is 23.4 Å². The van der Waals surface area contributed by atoms with Crippen molar-refractivity contribution in [3.05, 3.63) is 83.4 Å². The minimum absolute atomic E-state index is 0.106. The van der Waals surface area contributed by atoms with Gasteiger partial charge in [0.05, 0.1) is 0 Å². The van der Waals surface area contributed by atoms with E-state index in [9.17, 15) is 9.90 Å². The molecule has 0 fully saturated rings. The van der Waals surface area contributed by atoms with Gasteiger partial charge in [0.1, 0.15) is 12.4 Å². The number of nitrogens with one attached hydrogen (secondary N) is 1. The number of hydrogen-bond acceptors (Lipinski definition) is 3. The fourth-order valence-corrected chi connectivity index (χ4v) is 2.59. The number of ether oxygens (including phenoxy) is 1. The number of rotatable bonds is 4. The Morgan fingerprint density at radius 3 is 2.36 bits per heavy atom. The smallest absolute Gasteiger partial charge is 0.411 e. The predicted octanol–water partition coefficient (Wildman–Crippen LogP) is 5.46. The summed E-state index contributed by atoms with van der Waals surface area (Å²) in [5.74, 6) is 0.106. The fraction of sp³-hybridized carbons (Fsp3) is 0.0500. The van der Waals surface area contributed by atoms with E-state index in [1.807, 2.05) is 42.5 Å². The van der Waals surface area contributed by atoms with Crippen LogP contribution in [0.25, 0.3) is 11.1 Å². The van der Waals surface area contributed by atoms with Crippen LogP contribution >= 0.6 is 11.6 Å². The minimum atomic E-state index is -0.517. The Kier molecular flexibility index (Phi) is 5.21. The van der Waals surface area contributed by atoms with Crippen molar-refractivity contribution in [1.82, 2.24) is 0 Å². The summed E-state index contributed by atoms with van der Waals surface area (Å²) in [6.07, 6.45) is -0.517. The highest BCUT2D eigenvalue weighted by Crippen LogP contribution is 2.28. The van der Waals surface area contributed by atoms with Gasteiger partial charge in [-0.3, -0.25) is 5.32 Å². The van der Waals surface area contributed by atoms with Gasteiger partial charge in [-0.05, 0) is 47.0 Å². The highest BCUT2D eigenvalue weighted by atomic mass is 35.5. The summed E-state index contributed by atoms with van der Waals surface area (Å²) < 4.78 is 5.18. The largest absolute Gasteiger partial charge is 0.508 e. The van der Waals surface area contributed by atoms with Gasteiger partial charge in [-0.2, -0.15) is 0 Å². The second-order valence-corrected chi connectivity index (χ2v) is 5.90. The van der Waals surface area contributed by atoms with Crippen molar-refractivity contribution in [2.24, 2.45) is 0 Å². The molecular weight excluding hydrogens is 338 g/mol. The van der Waals surface area contributed by atoms with Crippen molar-refractivity contribution < 1.29 is 14.6 Å². The Labute approximate surface area is 150 Å². The lowest BCUT2D eigenvalue weighted by Gasteiger charge is -2.08. The van der Waals surface area contributed by atoms with Gasteiger partial charge < -0.3 is 9.84 Å². The normalized spacial score (nSPS) is 10.3.